The lowest BCUT2D eigenvalue weighted by atomic mass is 10.1. The summed E-state index contributed by atoms with van der Waals surface area (Å²) in [6.07, 6.45) is 1.67. The first-order valence-electron chi connectivity index (χ1n) is 7.22. The second-order valence-corrected chi connectivity index (χ2v) is 5.08. The monoisotopic (exact) mass is 300 g/mol. The van der Waals surface area contributed by atoms with Crippen molar-refractivity contribution in [3.63, 3.8) is 0 Å². The van der Waals surface area contributed by atoms with Gasteiger partial charge in [-0.2, -0.15) is 0 Å². The minimum absolute atomic E-state index is 0.293. The van der Waals surface area contributed by atoms with Gasteiger partial charge in [0.1, 0.15) is 5.69 Å². The van der Waals surface area contributed by atoms with Crippen LogP contribution in [0.2, 0.25) is 0 Å². The van der Waals surface area contributed by atoms with Gasteiger partial charge in [-0.1, -0.05) is 30.3 Å². The van der Waals surface area contributed by atoms with Gasteiger partial charge in [-0.05, 0) is 31.0 Å². The number of nitrogens with one attached hydrogen (secondary N) is 1. The fraction of sp³-hybridized carbons (Fsp3) is 0.294. The predicted octanol–water partition coefficient (Wildman–Crippen LogP) is 1.93. The molecule has 5 heteroatoms. The maximum Gasteiger partial charge on any atom is 0.355 e. The number of benzene rings is 1. The summed E-state index contributed by atoms with van der Waals surface area (Å²) in [6, 6.07) is 13.3. The van der Waals surface area contributed by atoms with E-state index in [1.807, 2.05) is 30.3 Å². The Balaban J connectivity index is 1.77. The van der Waals surface area contributed by atoms with Crippen molar-refractivity contribution in [2.45, 2.75) is 19.4 Å². The second-order valence-electron chi connectivity index (χ2n) is 5.08. The lowest BCUT2D eigenvalue weighted by Gasteiger charge is -2.13. The summed E-state index contributed by atoms with van der Waals surface area (Å²) in [4.78, 5) is 23.8. The van der Waals surface area contributed by atoms with E-state index in [-0.39, 0.29) is 5.91 Å². The number of rotatable bonds is 6. The van der Waals surface area contributed by atoms with Crippen LogP contribution in [0.3, 0.4) is 0 Å². The first-order chi connectivity index (χ1) is 10.6. The SMILES string of the molecule is C[C@@H](OC(=O)c1cccn1C)C(=O)NCCc1ccccc1. The molecule has 0 radical (unpaired) electrons. The molecule has 22 heavy (non-hydrogen) atoms. The minimum atomic E-state index is -0.821. The van der Waals surface area contributed by atoms with Gasteiger partial charge in [0, 0.05) is 19.8 Å². The molecule has 0 aliphatic heterocycles. The van der Waals surface area contributed by atoms with Crippen molar-refractivity contribution < 1.29 is 14.3 Å². The van der Waals surface area contributed by atoms with E-state index in [2.05, 4.69) is 5.32 Å². The third kappa shape index (κ3) is 4.22. The fourth-order valence-corrected chi connectivity index (χ4v) is 2.07. The number of hydrogen-bond acceptors (Lipinski definition) is 3. The zero-order valence-corrected chi connectivity index (χ0v) is 12.8. The van der Waals surface area contributed by atoms with E-state index in [1.165, 1.54) is 0 Å². The molecule has 0 aliphatic carbocycles. The van der Waals surface area contributed by atoms with Gasteiger partial charge >= 0.3 is 5.97 Å². The highest BCUT2D eigenvalue weighted by Gasteiger charge is 2.19. The van der Waals surface area contributed by atoms with E-state index in [0.29, 0.717) is 12.2 Å². The Kier molecular flexibility index (Phi) is 5.36. The minimum Gasteiger partial charge on any atom is -0.448 e. The van der Waals surface area contributed by atoms with Gasteiger partial charge in [-0.25, -0.2) is 4.79 Å². The number of aromatic nitrogens is 1. The molecule has 116 valence electrons. The van der Waals surface area contributed by atoms with Crippen molar-refractivity contribution in [2.24, 2.45) is 7.05 Å². The first-order valence-corrected chi connectivity index (χ1v) is 7.22. The molecule has 0 bridgehead atoms. The summed E-state index contributed by atoms with van der Waals surface area (Å²) < 4.78 is 6.82. The van der Waals surface area contributed by atoms with Gasteiger partial charge in [0.15, 0.2) is 6.10 Å². The van der Waals surface area contributed by atoms with Crippen molar-refractivity contribution in [3.8, 4) is 0 Å². The molecule has 1 aromatic heterocycles. The van der Waals surface area contributed by atoms with Crippen LogP contribution >= 0.6 is 0 Å². The highest BCUT2D eigenvalue weighted by atomic mass is 16.5. The van der Waals surface area contributed by atoms with Crippen molar-refractivity contribution in [3.05, 3.63) is 59.9 Å². The second kappa shape index (κ2) is 7.45. The molecule has 0 saturated heterocycles. The van der Waals surface area contributed by atoms with E-state index in [9.17, 15) is 9.59 Å². The van der Waals surface area contributed by atoms with Crippen LogP contribution in [-0.4, -0.2) is 29.1 Å². The fourth-order valence-electron chi connectivity index (χ4n) is 2.07. The van der Waals surface area contributed by atoms with E-state index in [0.717, 1.165) is 12.0 Å². The normalized spacial score (nSPS) is 11.7. The Morgan fingerprint density at radius 2 is 1.91 bits per heavy atom. The number of aryl methyl sites for hydroxylation is 1. The summed E-state index contributed by atoms with van der Waals surface area (Å²) >= 11 is 0. The number of carbonyl (C=O) groups is 2. The van der Waals surface area contributed by atoms with Crippen LogP contribution in [0, 0.1) is 0 Å². The quantitative estimate of drug-likeness (QED) is 0.829. The lowest BCUT2D eigenvalue weighted by molar-refractivity contribution is -0.129. The Morgan fingerprint density at radius 1 is 1.18 bits per heavy atom. The molecule has 0 fully saturated rings. The molecule has 1 atom stereocenters. The van der Waals surface area contributed by atoms with Gasteiger partial charge in [0.25, 0.3) is 5.91 Å². The molecule has 2 rings (SSSR count). The average Bonchev–Trinajstić information content (AvgIpc) is 2.94. The van der Waals surface area contributed by atoms with Crippen molar-refractivity contribution >= 4 is 11.9 Å². The molecule has 5 nitrogen and oxygen atoms in total. The largest absolute Gasteiger partial charge is 0.448 e. The first kappa shape index (κ1) is 15.8. The summed E-state index contributed by atoms with van der Waals surface area (Å²) in [5.74, 6) is -0.795. The third-order valence-electron chi connectivity index (χ3n) is 3.36. The number of esters is 1. The van der Waals surface area contributed by atoms with E-state index in [4.69, 9.17) is 4.74 Å². The predicted molar refractivity (Wildman–Crippen MR) is 83.4 cm³/mol. The van der Waals surface area contributed by atoms with Gasteiger partial charge in [0.05, 0.1) is 0 Å². The highest BCUT2D eigenvalue weighted by molar-refractivity contribution is 5.90. The zero-order chi connectivity index (χ0) is 15.9. The van der Waals surface area contributed by atoms with E-state index in [1.54, 1.807) is 36.9 Å². The van der Waals surface area contributed by atoms with Gasteiger partial charge < -0.3 is 14.6 Å². The third-order valence-corrected chi connectivity index (χ3v) is 3.36. The number of carbonyl (C=O) groups excluding carboxylic acids is 2. The number of nitrogens with zero attached hydrogens (tertiary/aromatic N) is 1. The summed E-state index contributed by atoms with van der Waals surface area (Å²) in [7, 11) is 1.75. The Morgan fingerprint density at radius 3 is 2.55 bits per heavy atom. The molecule has 1 heterocycles. The van der Waals surface area contributed by atoms with Gasteiger partial charge in [-0.15, -0.1) is 0 Å². The molecular weight excluding hydrogens is 280 g/mol. The van der Waals surface area contributed by atoms with Crippen LogP contribution in [0.15, 0.2) is 48.7 Å². The summed E-state index contributed by atoms with van der Waals surface area (Å²) in [5, 5.41) is 2.77. The molecule has 2 aromatic rings. The number of hydrogen-bond donors (Lipinski definition) is 1. The smallest absolute Gasteiger partial charge is 0.355 e. The number of amides is 1. The van der Waals surface area contributed by atoms with Crippen LogP contribution < -0.4 is 5.32 Å². The maximum absolute atomic E-state index is 11.9. The molecule has 0 saturated carbocycles. The standard InChI is InChI=1S/C17H20N2O3/c1-13(22-17(21)15-9-6-12-19(15)2)16(20)18-11-10-14-7-4-3-5-8-14/h3-9,12-13H,10-11H2,1-2H3,(H,18,20)/t13-/m1/s1. The Hall–Kier alpha value is -2.56. The van der Waals surface area contributed by atoms with Crippen LogP contribution in [0.25, 0.3) is 0 Å². The zero-order valence-electron chi connectivity index (χ0n) is 12.8. The Bertz CT molecular complexity index is 634. The van der Waals surface area contributed by atoms with Gasteiger partial charge in [-0.3, -0.25) is 4.79 Å². The average molecular weight is 300 g/mol. The highest BCUT2D eigenvalue weighted by Crippen LogP contribution is 2.05. The van der Waals surface area contributed by atoms with E-state index < -0.39 is 12.1 Å². The van der Waals surface area contributed by atoms with Crippen molar-refractivity contribution in [1.82, 2.24) is 9.88 Å². The van der Waals surface area contributed by atoms with Crippen LogP contribution in [0.4, 0.5) is 0 Å². The van der Waals surface area contributed by atoms with Crippen molar-refractivity contribution in [1.29, 1.82) is 0 Å². The molecule has 1 amide bonds. The van der Waals surface area contributed by atoms with Crippen LogP contribution in [0.5, 0.6) is 0 Å². The molecular formula is C17H20N2O3. The summed E-state index contributed by atoms with van der Waals surface area (Å²) in [5.41, 5.74) is 1.57. The van der Waals surface area contributed by atoms with Gasteiger partial charge in [0.2, 0.25) is 0 Å². The molecule has 1 aromatic carbocycles. The van der Waals surface area contributed by atoms with Crippen molar-refractivity contribution in [2.75, 3.05) is 6.54 Å². The molecule has 0 unspecified atom stereocenters. The molecule has 0 aliphatic rings. The topological polar surface area (TPSA) is 60.3 Å². The Labute approximate surface area is 129 Å². The lowest BCUT2D eigenvalue weighted by Crippen LogP contribution is -2.37. The molecule has 1 N–H and O–H groups in total. The number of ether oxygens (including phenoxy) is 1. The van der Waals surface area contributed by atoms with Crippen LogP contribution in [0.1, 0.15) is 23.0 Å². The molecule has 0 spiro atoms. The summed E-state index contributed by atoms with van der Waals surface area (Å²) in [6.45, 7) is 2.08. The van der Waals surface area contributed by atoms with Crippen LogP contribution in [-0.2, 0) is 23.0 Å². The van der Waals surface area contributed by atoms with E-state index >= 15 is 0 Å². The maximum atomic E-state index is 11.9.